The van der Waals surface area contributed by atoms with Crippen molar-refractivity contribution in [2.24, 2.45) is 4.99 Å². The Hall–Kier alpha value is -0.950. The van der Waals surface area contributed by atoms with Crippen LogP contribution in [0.15, 0.2) is 28.5 Å². The van der Waals surface area contributed by atoms with Crippen LogP contribution in [0.5, 0.6) is 0 Å². The van der Waals surface area contributed by atoms with E-state index in [4.69, 9.17) is 0 Å². The molecule has 0 radical (unpaired) electrons. The number of carbonyl (C=O) groups is 1. The van der Waals surface area contributed by atoms with Crippen molar-refractivity contribution in [2.75, 3.05) is 0 Å². The molecule has 0 N–H and O–H groups in total. The zero-order valence-electron chi connectivity index (χ0n) is 10.1. The second-order valence-corrected chi connectivity index (χ2v) is 4.66. The van der Waals surface area contributed by atoms with E-state index in [1.807, 2.05) is 11.1 Å². The Labute approximate surface area is 105 Å². The van der Waals surface area contributed by atoms with Gasteiger partial charge < -0.3 is 0 Å². The van der Waals surface area contributed by atoms with Crippen LogP contribution in [0.3, 0.4) is 0 Å². The highest BCUT2D eigenvalue weighted by molar-refractivity contribution is 6.92. The van der Waals surface area contributed by atoms with Gasteiger partial charge in [-0.05, 0) is 37.7 Å². The molecule has 1 amide bonds. The predicted molar refractivity (Wildman–Crippen MR) is 74.1 cm³/mol. The lowest BCUT2D eigenvalue weighted by molar-refractivity contribution is -0.129. The molecule has 0 saturated carbocycles. The van der Waals surface area contributed by atoms with Gasteiger partial charge in [0, 0.05) is 12.3 Å². The van der Waals surface area contributed by atoms with E-state index >= 15 is 0 Å². The van der Waals surface area contributed by atoms with E-state index in [2.05, 4.69) is 17.1 Å². The van der Waals surface area contributed by atoms with Crippen molar-refractivity contribution in [1.29, 1.82) is 0 Å². The lowest BCUT2D eigenvalue weighted by Crippen LogP contribution is -2.36. The molecule has 1 unspecified atom stereocenters. The molecule has 0 aromatic heterocycles. The van der Waals surface area contributed by atoms with Gasteiger partial charge in [-0.2, -0.15) is 9.90 Å². The molecule has 0 spiro atoms. The molecule has 2 heterocycles. The lowest BCUT2D eigenvalue weighted by atomic mass is 10.0. The molecule has 0 saturated heterocycles. The van der Waals surface area contributed by atoms with Crippen LogP contribution in [0.1, 0.15) is 38.5 Å². The first-order valence-electron chi connectivity index (χ1n) is 6.08. The fourth-order valence-electron chi connectivity index (χ4n) is 2.77. The average Bonchev–Trinajstić information content (AvgIpc) is 2.66. The molecule has 4 heteroatoms. The molecule has 3 rings (SSSR count). The van der Waals surface area contributed by atoms with Crippen LogP contribution in [0.25, 0.3) is 0 Å². The monoisotopic (exact) mass is 250 g/mol. The highest BCUT2D eigenvalue weighted by Crippen LogP contribution is 2.34. The minimum atomic E-state index is 0. The fraction of sp³-hybridized carbons (Fsp3) is 0.538. The maximum atomic E-state index is 12.0. The summed E-state index contributed by atoms with van der Waals surface area (Å²) in [5.41, 5.74) is 1.25. The molecule has 0 bridgehead atoms. The van der Waals surface area contributed by atoms with E-state index in [9.17, 15) is 4.79 Å². The summed E-state index contributed by atoms with van der Waals surface area (Å²) in [4.78, 5) is 18.4. The van der Waals surface area contributed by atoms with Crippen molar-refractivity contribution in [3.8, 4) is 0 Å². The van der Waals surface area contributed by atoms with Crippen LogP contribution in [0.4, 0.5) is 0 Å². The second kappa shape index (κ2) is 5.14. The molecule has 1 aliphatic carbocycles. The SMILES string of the molecule is O=C1CC2=C(N=CCC2)N1[C@@H]1CC=CCC1.P. The highest BCUT2D eigenvalue weighted by atomic mass is 31.0. The standard InChI is InChI=1S/C13H16N2O.H3P/c16-12-9-10-5-4-8-14-13(10)15(12)11-6-2-1-3-7-11;/h1-2,8,11H,3-7,9H2;1H3/t11-;/m1./s1. The molecule has 2 atom stereocenters. The number of amides is 1. The third-order valence-electron chi connectivity index (χ3n) is 3.57. The number of rotatable bonds is 1. The van der Waals surface area contributed by atoms with E-state index in [1.165, 1.54) is 5.57 Å². The van der Waals surface area contributed by atoms with Crippen LogP contribution in [-0.4, -0.2) is 23.1 Å². The third-order valence-corrected chi connectivity index (χ3v) is 3.57. The maximum Gasteiger partial charge on any atom is 0.232 e. The lowest BCUT2D eigenvalue weighted by Gasteiger charge is -2.30. The van der Waals surface area contributed by atoms with E-state index in [-0.39, 0.29) is 15.8 Å². The van der Waals surface area contributed by atoms with Crippen LogP contribution in [0.2, 0.25) is 0 Å². The Bertz CT molecular complexity index is 412. The Morgan fingerprint density at radius 3 is 2.94 bits per heavy atom. The van der Waals surface area contributed by atoms with E-state index in [1.54, 1.807) is 0 Å². The number of hydrogen-bond acceptors (Lipinski definition) is 2. The Morgan fingerprint density at radius 2 is 2.18 bits per heavy atom. The van der Waals surface area contributed by atoms with Gasteiger partial charge in [-0.3, -0.25) is 9.69 Å². The van der Waals surface area contributed by atoms with Crippen molar-refractivity contribution in [2.45, 2.75) is 44.6 Å². The van der Waals surface area contributed by atoms with E-state index in [0.717, 1.165) is 37.9 Å². The first-order chi connectivity index (χ1) is 7.86. The first-order valence-corrected chi connectivity index (χ1v) is 6.08. The van der Waals surface area contributed by atoms with Crippen molar-refractivity contribution >= 4 is 22.0 Å². The summed E-state index contributed by atoms with van der Waals surface area (Å²) >= 11 is 0. The summed E-state index contributed by atoms with van der Waals surface area (Å²) in [7, 11) is 0. The number of aliphatic imine (C=N–C) groups is 1. The average molecular weight is 250 g/mol. The Kier molecular flexibility index (Phi) is 3.78. The minimum absolute atomic E-state index is 0. The van der Waals surface area contributed by atoms with Crippen molar-refractivity contribution in [3.63, 3.8) is 0 Å². The summed E-state index contributed by atoms with van der Waals surface area (Å²) < 4.78 is 0. The van der Waals surface area contributed by atoms with Gasteiger partial charge in [0.25, 0.3) is 0 Å². The summed E-state index contributed by atoms with van der Waals surface area (Å²) in [6.45, 7) is 0. The van der Waals surface area contributed by atoms with Gasteiger partial charge in [-0.1, -0.05) is 12.2 Å². The minimum Gasteiger partial charge on any atom is -0.293 e. The number of carbonyl (C=O) groups excluding carboxylic acids is 1. The van der Waals surface area contributed by atoms with Crippen molar-refractivity contribution in [3.05, 3.63) is 23.5 Å². The maximum absolute atomic E-state index is 12.0. The van der Waals surface area contributed by atoms with Crippen LogP contribution in [-0.2, 0) is 4.79 Å². The van der Waals surface area contributed by atoms with Crippen molar-refractivity contribution in [1.82, 2.24) is 4.90 Å². The summed E-state index contributed by atoms with van der Waals surface area (Å²) in [5.74, 6) is 1.22. The summed E-state index contributed by atoms with van der Waals surface area (Å²) in [5, 5.41) is 0. The highest BCUT2D eigenvalue weighted by Gasteiger charge is 2.35. The van der Waals surface area contributed by atoms with Gasteiger partial charge in [-0.15, -0.1) is 0 Å². The molecular weight excluding hydrogens is 231 g/mol. The van der Waals surface area contributed by atoms with Gasteiger partial charge in [0.2, 0.25) is 5.91 Å². The zero-order valence-corrected chi connectivity index (χ0v) is 11.5. The Morgan fingerprint density at radius 1 is 1.29 bits per heavy atom. The molecule has 3 aliphatic rings. The molecule has 2 aliphatic heterocycles. The van der Waals surface area contributed by atoms with Crippen LogP contribution < -0.4 is 0 Å². The van der Waals surface area contributed by atoms with Gasteiger partial charge in [0.05, 0.1) is 6.42 Å². The first kappa shape index (κ1) is 12.5. The predicted octanol–water partition coefficient (Wildman–Crippen LogP) is 2.46. The largest absolute Gasteiger partial charge is 0.293 e. The third kappa shape index (κ3) is 2.21. The fourth-order valence-corrected chi connectivity index (χ4v) is 2.77. The Balaban J connectivity index is 0.00000108. The van der Waals surface area contributed by atoms with E-state index < -0.39 is 0 Å². The van der Waals surface area contributed by atoms with Crippen LogP contribution in [0, 0.1) is 0 Å². The van der Waals surface area contributed by atoms with Crippen molar-refractivity contribution < 1.29 is 4.79 Å². The smallest absolute Gasteiger partial charge is 0.232 e. The van der Waals surface area contributed by atoms with Gasteiger partial charge >= 0.3 is 0 Å². The van der Waals surface area contributed by atoms with Gasteiger partial charge in [0.1, 0.15) is 5.82 Å². The molecule has 0 fully saturated rings. The quantitative estimate of drug-likeness (QED) is 0.519. The molecule has 0 aromatic carbocycles. The second-order valence-electron chi connectivity index (χ2n) is 4.66. The molecule has 3 nitrogen and oxygen atoms in total. The summed E-state index contributed by atoms with van der Waals surface area (Å²) in [6, 6.07) is 0.347. The zero-order chi connectivity index (χ0) is 11.0. The number of hydrogen-bond donors (Lipinski definition) is 0. The molecular formula is C13H19N2OP. The van der Waals surface area contributed by atoms with Gasteiger partial charge in [-0.25, -0.2) is 4.99 Å². The number of allylic oxidation sites excluding steroid dienone is 1. The summed E-state index contributed by atoms with van der Waals surface area (Å²) in [6.07, 6.45) is 12.1. The van der Waals surface area contributed by atoms with Gasteiger partial charge in [0.15, 0.2) is 0 Å². The molecule has 92 valence electrons. The van der Waals surface area contributed by atoms with E-state index in [0.29, 0.717) is 12.5 Å². The number of nitrogens with zero attached hydrogens (tertiary/aromatic N) is 2. The molecule has 17 heavy (non-hydrogen) atoms. The normalized spacial score (nSPS) is 27.2. The van der Waals surface area contributed by atoms with Crippen LogP contribution >= 0.6 is 9.90 Å². The topological polar surface area (TPSA) is 32.7 Å². The molecule has 0 aromatic rings.